The van der Waals surface area contributed by atoms with Gasteiger partial charge in [0, 0.05) is 0 Å². The summed E-state index contributed by atoms with van der Waals surface area (Å²) in [5.41, 5.74) is 0. The lowest BCUT2D eigenvalue weighted by Gasteiger charge is -2.24. The van der Waals surface area contributed by atoms with Crippen molar-refractivity contribution in [2.75, 3.05) is 19.7 Å². The molecule has 0 radical (unpaired) electrons. The first-order valence-electron chi connectivity index (χ1n) is 4.98. The Morgan fingerprint density at radius 3 is 2.77 bits per heavy atom. The summed E-state index contributed by atoms with van der Waals surface area (Å²) in [6, 6.07) is 0.260. The Kier molecular flexibility index (Phi) is 2.68. The van der Waals surface area contributed by atoms with E-state index in [1.165, 1.54) is 12.8 Å². The number of alkyl carbamates (subject to hydrolysis) is 1. The summed E-state index contributed by atoms with van der Waals surface area (Å²) >= 11 is 0. The molecule has 1 atom stereocenters. The molecule has 1 amide bonds. The molecule has 4 heteroatoms. The predicted octanol–water partition coefficient (Wildman–Crippen LogP) is 0.484. The Labute approximate surface area is 78.0 Å². The summed E-state index contributed by atoms with van der Waals surface area (Å²) in [6.07, 6.45) is 3.28. The first kappa shape index (κ1) is 8.81. The smallest absolute Gasteiger partial charge is 0.407 e. The van der Waals surface area contributed by atoms with Crippen molar-refractivity contribution in [2.24, 2.45) is 5.92 Å². The normalized spacial score (nSPS) is 29.8. The summed E-state index contributed by atoms with van der Waals surface area (Å²) in [5.74, 6) is 0.758. The van der Waals surface area contributed by atoms with Crippen LogP contribution in [0.1, 0.15) is 19.3 Å². The number of hydrogen-bond donors (Lipinski definition) is 2. The van der Waals surface area contributed by atoms with Crippen LogP contribution in [0.4, 0.5) is 4.79 Å². The molecular formula is C9H16N2O2. The van der Waals surface area contributed by atoms with Crippen molar-refractivity contribution in [3.63, 3.8) is 0 Å². The molecule has 0 spiro atoms. The van der Waals surface area contributed by atoms with Crippen LogP contribution in [-0.2, 0) is 4.74 Å². The van der Waals surface area contributed by atoms with Gasteiger partial charge in [0.25, 0.3) is 0 Å². The second kappa shape index (κ2) is 3.96. The van der Waals surface area contributed by atoms with E-state index in [9.17, 15) is 4.79 Å². The van der Waals surface area contributed by atoms with Gasteiger partial charge in [0.2, 0.25) is 0 Å². The van der Waals surface area contributed by atoms with E-state index in [-0.39, 0.29) is 12.1 Å². The van der Waals surface area contributed by atoms with Gasteiger partial charge >= 0.3 is 6.09 Å². The van der Waals surface area contributed by atoms with Gasteiger partial charge in [0.15, 0.2) is 0 Å². The Balaban J connectivity index is 1.73. The van der Waals surface area contributed by atoms with Gasteiger partial charge in [-0.1, -0.05) is 0 Å². The quantitative estimate of drug-likeness (QED) is 0.656. The zero-order valence-corrected chi connectivity index (χ0v) is 7.71. The highest BCUT2D eigenvalue weighted by Crippen LogP contribution is 2.19. The molecule has 0 aromatic heterocycles. The Hall–Kier alpha value is -0.770. The monoisotopic (exact) mass is 184 g/mol. The first-order valence-corrected chi connectivity index (χ1v) is 4.98. The largest absolute Gasteiger partial charge is 0.447 e. The molecule has 2 N–H and O–H groups in total. The van der Waals surface area contributed by atoms with Crippen LogP contribution in [0.15, 0.2) is 0 Å². The van der Waals surface area contributed by atoms with E-state index < -0.39 is 0 Å². The summed E-state index contributed by atoms with van der Waals surface area (Å²) in [4.78, 5) is 10.7. The van der Waals surface area contributed by atoms with Crippen LogP contribution in [0.3, 0.4) is 0 Å². The fourth-order valence-corrected chi connectivity index (χ4v) is 2.07. The number of amides is 1. The summed E-state index contributed by atoms with van der Waals surface area (Å²) < 4.78 is 4.84. The maximum Gasteiger partial charge on any atom is 0.407 e. The highest BCUT2D eigenvalue weighted by molar-refractivity contribution is 5.69. The highest BCUT2D eigenvalue weighted by Gasteiger charge is 2.25. The summed E-state index contributed by atoms with van der Waals surface area (Å²) in [6.45, 7) is 2.79. The second-order valence-corrected chi connectivity index (χ2v) is 3.87. The van der Waals surface area contributed by atoms with E-state index in [0.29, 0.717) is 6.61 Å². The molecule has 2 saturated heterocycles. The fourth-order valence-electron chi connectivity index (χ4n) is 2.07. The molecule has 0 bridgehead atoms. The molecule has 2 rings (SSSR count). The molecule has 0 saturated carbocycles. The van der Waals surface area contributed by atoms with E-state index in [2.05, 4.69) is 10.6 Å². The molecule has 13 heavy (non-hydrogen) atoms. The third-order valence-corrected chi connectivity index (χ3v) is 2.81. The number of hydrogen-bond acceptors (Lipinski definition) is 3. The molecule has 2 aliphatic heterocycles. The van der Waals surface area contributed by atoms with Gasteiger partial charge in [0.05, 0.1) is 6.04 Å². The van der Waals surface area contributed by atoms with E-state index in [1.807, 2.05) is 0 Å². The minimum Gasteiger partial charge on any atom is -0.447 e. The molecule has 74 valence electrons. The average molecular weight is 184 g/mol. The van der Waals surface area contributed by atoms with Crippen molar-refractivity contribution in [1.29, 1.82) is 0 Å². The molecule has 0 aromatic rings. The van der Waals surface area contributed by atoms with Gasteiger partial charge in [-0.2, -0.15) is 0 Å². The number of carbonyl (C=O) groups excluding carboxylic acids is 1. The number of nitrogens with one attached hydrogen (secondary N) is 2. The summed E-state index contributed by atoms with van der Waals surface area (Å²) in [5, 5.41) is 6.15. The molecule has 2 aliphatic rings. The van der Waals surface area contributed by atoms with E-state index >= 15 is 0 Å². The Morgan fingerprint density at radius 1 is 1.38 bits per heavy atom. The Morgan fingerprint density at radius 2 is 2.15 bits per heavy atom. The van der Waals surface area contributed by atoms with Crippen LogP contribution < -0.4 is 10.6 Å². The van der Waals surface area contributed by atoms with Crippen molar-refractivity contribution in [2.45, 2.75) is 25.3 Å². The second-order valence-electron chi connectivity index (χ2n) is 3.87. The zero-order chi connectivity index (χ0) is 9.10. The van der Waals surface area contributed by atoms with E-state index in [1.54, 1.807) is 0 Å². The number of cyclic esters (lactones) is 1. The average Bonchev–Trinajstić information content (AvgIpc) is 2.53. The SMILES string of the molecule is O=C1NC(CC2CCNCC2)CO1. The summed E-state index contributed by atoms with van der Waals surface area (Å²) in [7, 11) is 0. The van der Waals surface area contributed by atoms with Crippen LogP contribution in [0, 0.1) is 5.92 Å². The molecule has 2 fully saturated rings. The number of carbonyl (C=O) groups is 1. The van der Waals surface area contributed by atoms with Crippen molar-refractivity contribution in [1.82, 2.24) is 10.6 Å². The van der Waals surface area contributed by atoms with E-state index in [0.717, 1.165) is 25.4 Å². The van der Waals surface area contributed by atoms with Crippen LogP contribution in [0.2, 0.25) is 0 Å². The van der Waals surface area contributed by atoms with Gasteiger partial charge in [-0.05, 0) is 38.3 Å². The van der Waals surface area contributed by atoms with Crippen molar-refractivity contribution < 1.29 is 9.53 Å². The number of piperidine rings is 1. The maximum absolute atomic E-state index is 10.7. The third-order valence-electron chi connectivity index (χ3n) is 2.81. The van der Waals surface area contributed by atoms with Crippen LogP contribution >= 0.6 is 0 Å². The molecule has 4 nitrogen and oxygen atoms in total. The van der Waals surface area contributed by atoms with E-state index in [4.69, 9.17) is 4.74 Å². The fraction of sp³-hybridized carbons (Fsp3) is 0.889. The maximum atomic E-state index is 10.7. The minimum absolute atomic E-state index is 0.251. The standard InChI is InChI=1S/C9H16N2O2/c12-9-11-8(6-13-9)5-7-1-3-10-4-2-7/h7-8,10H,1-6H2,(H,11,12). The topological polar surface area (TPSA) is 50.4 Å². The minimum atomic E-state index is -0.251. The highest BCUT2D eigenvalue weighted by atomic mass is 16.6. The molecule has 1 unspecified atom stereocenters. The Bertz CT molecular complexity index is 190. The van der Waals surface area contributed by atoms with Gasteiger partial charge in [-0.25, -0.2) is 4.79 Å². The first-order chi connectivity index (χ1) is 6.34. The number of rotatable bonds is 2. The lowest BCUT2D eigenvalue weighted by molar-refractivity contribution is 0.175. The van der Waals surface area contributed by atoms with Gasteiger partial charge in [0.1, 0.15) is 6.61 Å². The van der Waals surface area contributed by atoms with Gasteiger partial charge < -0.3 is 15.4 Å². The lowest BCUT2D eigenvalue weighted by atomic mass is 9.91. The van der Waals surface area contributed by atoms with Crippen LogP contribution in [-0.4, -0.2) is 31.8 Å². The van der Waals surface area contributed by atoms with Gasteiger partial charge in [-0.3, -0.25) is 0 Å². The molecule has 2 heterocycles. The third kappa shape index (κ3) is 2.34. The van der Waals surface area contributed by atoms with Crippen molar-refractivity contribution in [3.05, 3.63) is 0 Å². The zero-order valence-electron chi connectivity index (χ0n) is 7.71. The number of ether oxygens (including phenoxy) is 1. The van der Waals surface area contributed by atoms with Crippen LogP contribution in [0.5, 0.6) is 0 Å². The van der Waals surface area contributed by atoms with Crippen molar-refractivity contribution >= 4 is 6.09 Å². The molecule has 0 aromatic carbocycles. The van der Waals surface area contributed by atoms with Crippen LogP contribution in [0.25, 0.3) is 0 Å². The lowest BCUT2D eigenvalue weighted by Crippen LogP contribution is -2.33. The van der Waals surface area contributed by atoms with Crippen molar-refractivity contribution in [3.8, 4) is 0 Å². The molecule has 0 aliphatic carbocycles. The van der Waals surface area contributed by atoms with Gasteiger partial charge in [-0.15, -0.1) is 0 Å². The predicted molar refractivity (Wildman–Crippen MR) is 48.5 cm³/mol. The molecular weight excluding hydrogens is 168 g/mol.